The summed E-state index contributed by atoms with van der Waals surface area (Å²) in [5, 5.41) is 1.03. The van der Waals surface area contributed by atoms with Crippen molar-refractivity contribution in [3.8, 4) is 5.75 Å². The van der Waals surface area contributed by atoms with Gasteiger partial charge in [-0.05, 0) is 58.9 Å². The number of ether oxygens (including phenoxy) is 1. The third kappa shape index (κ3) is 4.86. The van der Waals surface area contributed by atoms with Crippen molar-refractivity contribution < 1.29 is 14.3 Å². The standard InChI is InChI=1S/C21H27N3O3/c1-13-10-14(2)12-15(11-13)19(25)24(23-21(3,4)5)20(26)16-8-7-9-17(27-6)18(16)22/h7-12,23H,22H2,1-6H3. The van der Waals surface area contributed by atoms with Gasteiger partial charge in [-0.1, -0.05) is 23.3 Å². The summed E-state index contributed by atoms with van der Waals surface area (Å²) < 4.78 is 5.19. The molecule has 0 aliphatic rings. The van der Waals surface area contributed by atoms with Gasteiger partial charge in [0, 0.05) is 11.1 Å². The molecule has 0 aliphatic carbocycles. The fraction of sp³-hybridized carbons (Fsp3) is 0.333. The molecule has 2 aromatic rings. The van der Waals surface area contributed by atoms with Crippen LogP contribution in [0.25, 0.3) is 0 Å². The lowest BCUT2D eigenvalue weighted by Crippen LogP contribution is -2.54. The Morgan fingerprint density at radius 2 is 1.63 bits per heavy atom. The number of aryl methyl sites for hydroxylation is 2. The number of nitrogens with two attached hydrogens (primary N) is 1. The molecule has 27 heavy (non-hydrogen) atoms. The van der Waals surface area contributed by atoms with Crippen molar-refractivity contribution >= 4 is 17.5 Å². The molecule has 2 rings (SSSR count). The van der Waals surface area contributed by atoms with Crippen molar-refractivity contribution in [1.29, 1.82) is 0 Å². The zero-order valence-corrected chi connectivity index (χ0v) is 16.7. The Kier molecular flexibility index (Phi) is 5.91. The van der Waals surface area contributed by atoms with E-state index in [1.807, 2.05) is 40.7 Å². The summed E-state index contributed by atoms with van der Waals surface area (Å²) in [7, 11) is 1.48. The molecule has 144 valence electrons. The third-order valence-corrected chi connectivity index (χ3v) is 3.84. The van der Waals surface area contributed by atoms with E-state index in [0.717, 1.165) is 16.1 Å². The van der Waals surface area contributed by atoms with Crippen molar-refractivity contribution in [1.82, 2.24) is 10.4 Å². The average molecular weight is 369 g/mol. The summed E-state index contributed by atoms with van der Waals surface area (Å²) in [6.45, 7) is 9.44. The van der Waals surface area contributed by atoms with Crippen molar-refractivity contribution in [2.45, 2.75) is 40.2 Å². The number of imide groups is 1. The van der Waals surface area contributed by atoms with E-state index in [1.165, 1.54) is 7.11 Å². The van der Waals surface area contributed by atoms with Gasteiger partial charge in [-0.3, -0.25) is 9.59 Å². The number of anilines is 1. The quantitative estimate of drug-likeness (QED) is 0.490. The highest BCUT2D eigenvalue weighted by molar-refractivity contribution is 6.12. The molecule has 2 amide bonds. The zero-order chi connectivity index (χ0) is 20.4. The van der Waals surface area contributed by atoms with Crippen LogP contribution < -0.4 is 15.9 Å². The van der Waals surface area contributed by atoms with E-state index in [1.54, 1.807) is 30.3 Å². The van der Waals surface area contributed by atoms with Gasteiger partial charge in [0.2, 0.25) is 0 Å². The molecular weight excluding hydrogens is 342 g/mol. The Morgan fingerprint density at radius 1 is 1.04 bits per heavy atom. The molecule has 0 aliphatic heterocycles. The lowest BCUT2D eigenvalue weighted by Gasteiger charge is -2.30. The molecule has 0 fully saturated rings. The second-order valence-electron chi connectivity index (χ2n) is 7.61. The van der Waals surface area contributed by atoms with Crippen LogP contribution in [0.2, 0.25) is 0 Å². The van der Waals surface area contributed by atoms with Gasteiger partial charge in [0.1, 0.15) is 5.75 Å². The van der Waals surface area contributed by atoms with Crippen LogP contribution >= 0.6 is 0 Å². The van der Waals surface area contributed by atoms with Crippen molar-refractivity contribution in [3.63, 3.8) is 0 Å². The molecule has 0 radical (unpaired) electrons. The van der Waals surface area contributed by atoms with Gasteiger partial charge >= 0.3 is 0 Å². The highest BCUT2D eigenvalue weighted by atomic mass is 16.5. The highest BCUT2D eigenvalue weighted by Crippen LogP contribution is 2.26. The van der Waals surface area contributed by atoms with E-state index in [4.69, 9.17) is 10.5 Å². The number of hydrazine groups is 1. The van der Waals surface area contributed by atoms with Gasteiger partial charge in [0.05, 0.1) is 18.4 Å². The number of nitrogen functional groups attached to an aromatic ring is 1. The molecule has 0 atom stereocenters. The summed E-state index contributed by atoms with van der Waals surface area (Å²) in [5.74, 6) is -0.593. The van der Waals surface area contributed by atoms with E-state index in [0.29, 0.717) is 11.3 Å². The van der Waals surface area contributed by atoms with Crippen LogP contribution in [0, 0.1) is 13.8 Å². The van der Waals surface area contributed by atoms with Crippen LogP contribution in [0.1, 0.15) is 52.6 Å². The largest absolute Gasteiger partial charge is 0.495 e. The number of amides is 2. The maximum absolute atomic E-state index is 13.2. The van der Waals surface area contributed by atoms with Gasteiger partial charge in [0.15, 0.2) is 0 Å². The van der Waals surface area contributed by atoms with Gasteiger partial charge in [-0.15, -0.1) is 0 Å². The second-order valence-corrected chi connectivity index (χ2v) is 7.61. The first kappa shape index (κ1) is 20.5. The van der Waals surface area contributed by atoms with Crippen LogP contribution in [0.4, 0.5) is 5.69 Å². The SMILES string of the molecule is COc1cccc(C(=O)N(NC(C)(C)C)C(=O)c2cc(C)cc(C)c2)c1N. The second kappa shape index (κ2) is 7.80. The lowest BCUT2D eigenvalue weighted by molar-refractivity contribution is 0.0452. The number of rotatable bonds is 4. The van der Waals surface area contributed by atoms with Gasteiger partial charge < -0.3 is 10.5 Å². The summed E-state index contributed by atoms with van der Waals surface area (Å²) >= 11 is 0. The average Bonchev–Trinajstić information content (AvgIpc) is 2.57. The number of benzene rings is 2. The van der Waals surface area contributed by atoms with Crippen LogP contribution in [0.5, 0.6) is 5.75 Å². The molecule has 2 aromatic carbocycles. The highest BCUT2D eigenvalue weighted by Gasteiger charge is 2.30. The number of carbonyl (C=O) groups is 2. The number of nitrogens with zero attached hydrogens (tertiary/aromatic N) is 1. The molecule has 0 saturated heterocycles. The van der Waals surface area contributed by atoms with Crippen LogP contribution in [0.3, 0.4) is 0 Å². The van der Waals surface area contributed by atoms with Gasteiger partial charge in [-0.2, -0.15) is 0 Å². The lowest BCUT2D eigenvalue weighted by atomic mass is 10.1. The minimum Gasteiger partial charge on any atom is -0.495 e. The van der Waals surface area contributed by atoms with E-state index in [9.17, 15) is 9.59 Å². The van der Waals surface area contributed by atoms with E-state index >= 15 is 0 Å². The maximum atomic E-state index is 13.2. The van der Waals surface area contributed by atoms with E-state index in [2.05, 4.69) is 5.43 Å². The molecule has 3 N–H and O–H groups in total. The molecule has 0 aromatic heterocycles. The summed E-state index contributed by atoms with van der Waals surface area (Å²) in [6.07, 6.45) is 0. The number of methoxy groups -OCH3 is 1. The van der Waals surface area contributed by atoms with Crippen LogP contribution in [-0.4, -0.2) is 29.5 Å². The molecular formula is C21H27N3O3. The van der Waals surface area contributed by atoms with Crippen molar-refractivity contribution in [2.75, 3.05) is 12.8 Å². The minimum absolute atomic E-state index is 0.193. The van der Waals surface area contributed by atoms with E-state index < -0.39 is 17.4 Å². The molecule has 6 nitrogen and oxygen atoms in total. The Balaban J connectivity index is 2.51. The predicted octanol–water partition coefficient (Wildman–Crippen LogP) is 3.48. The van der Waals surface area contributed by atoms with Crippen molar-refractivity contribution in [2.24, 2.45) is 0 Å². The fourth-order valence-electron chi connectivity index (χ4n) is 2.79. The Labute approximate surface area is 160 Å². The van der Waals surface area contributed by atoms with Gasteiger partial charge in [-0.25, -0.2) is 10.4 Å². The summed E-state index contributed by atoms with van der Waals surface area (Å²) in [4.78, 5) is 26.4. The first-order chi connectivity index (χ1) is 12.5. The third-order valence-electron chi connectivity index (χ3n) is 3.84. The first-order valence-corrected chi connectivity index (χ1v) is 8.71. The molecule has 0 unspecified atom stereocenters. The predicted molar refractivity (Wildman–Crippen MR) is 107 cm³/mol. The number of para-hydroxylation sites is 1. The summed E-state index contributed by atoms with van der Waals surface area (Å²) in [6, 6.07) is 10.4. The minimum atomic E-state index is -0.537. The Bertz CT molecular complexity index is 849. The molecule has 0 saturated carbocycles. The molecule has 0 spiro atoms. The molecule has 0 heterocycles. The number of carbonyl (C=O) groups excluding carboxylic acids is 2. The Morgan fingerprint density at radius 3 is 2.15 bits per heavy atom. The number of hydrogen-bond donors (Lipinski definition) is 2. The zero-order valence-electron chi connectivity index (χ0n) is 16.7. The maximum Gasteiger partial charge on any atom is 0.277 e. The van der Waals surface area contributed by atoms with Crippen molar-refractivity contribution in [3.05, 3.63) is 58.7 Å². The number of hydrogen-bond acceptors (Lipinski definition) is 5. The summed E-state index contributed by atoms with van der Waals surface area (Å²) in [5.41, 5.74) is 11.3. The fourth-order valence-corrected chi connectivity index (χ4v) is 2.79. The smallest absolute Gasteiger partial charge is 0.277 e. The molecule has 6 heteroatoms. The van der Waals surface area contributed by atoms with E-state index in [-0.39, 0.29) is 11.3 Å². The van der Waals surface area contributed by atoms with Crippen LogP contribution in [0.15, 0.2) is 36.4 Å². The number of nitrogens with one attached hydrogen (secondary N) is 1. The molecule has 0 bridgehead atoms. The van der Waals surface area contributed by atoms with Gasteiger partial charge in [0.25, 0.3) is 11.8 Å². The van der Waals surface area contributed by atoms with Crippen LogP contribution in [-0.2, 0) is 0 Å². The monoisotopic (exact) mass is 369 g/mol. The normalized spacial score (nSPS) is 11.2. The topological polar surface area (TPSA) is 84.7 Å². The first-order valence-electron chi connectivity index (χ1n) is 8.71. The Hall–Kier alpha value is -2.86.